The molecule has 0 saturated heterocycles. The van der Waals surface area contributed by atoms with Gasteiger partial charge in [0.15, 0.2) is 6.10 Å². The minimum atomic E-state index is -0.769. The lowest BCUT2D eigenvalue weighted by Gasteiger charge is -2.15. The van der Waals surface area contributed by atoms with Crippen molar-refractivity contribution in [1.82, 2.24) is 0 Å². The lowest BCUT2D eigenvalue weighted by Crippen LogP contribution is -2.28. The van der Waals surface area contributed by atoms with E-state index in [1.54, 1.807) is 0 Å². The fourth-order valence-corrected chi connectivity index (χ4v) is 5.17. The van der Waals surface area contributed by atoms with Gasteiger partial charge < -0.3 is 14.6 Å². The number of hydrogen-bond acceptors (Lipinski definition) is 5. The van der Waals surface area contributed by atoms with Crippen molar-refractivity contribution in [3.63, 3.8) is 0 Å². The van der Waals surface area contributed by atoms with E-state index in [0.29, 0.717) is 12.8 Å². The monoisotopic (exact) mass is 607 g/mol. The molecule has 0 fully saturated rings. The van der Waals surface area contributed by atoms with Gasteiger partial charge in [0.1, 0.15) is 6.61 Å². The van der Waals surface area contributed by atoms with Crippen molar-refractivity contribution in [3.05, 3.63) is 24.3 Å². The first-order valence-electron chi connectivity index (χ1n) is 18.4. The number of carbonyl (C=O) groups is 2. The second-order valence-corrected chi connectivity index (χ2v) is 12.3. The van der Waals surface area contributed by atoms with Crippen molar-refractivity contribution >= 4 is 11.9 Å². The summed E-state index contributed by atoms with van der Waals surface area (Å²) in [4.78, 5) is 24.1. The number of rotatable bonds is 33. The van der Waals surface area contributed by atoms with Crippen molar-refractivity contribution in [3.8, 4) is 0 Å². The predicted octanol–water partition coefficient (Wildman–Crippen LogP) is 11.1. The van der Waals surface area contributed by atoms with Gasteiger partial charge in [-0.3, -0.25) is 9.59 Å². The molecular formula is C38H70O5. The third-order valence-electron chi connectivity index (χ3n) is 8.00. The SMILES string of the molecule is CCCCCC/C=C\C/C=C\CCCCCCCCCC(=O)OC(CO)COC(=O)CCCCCCCCCCCCC. The Balaban J connectivity index is 3.56. The third-order valence-corrected chi connectivity index (χ3v) is 8.00. The summed E-state index contributed by atoms with van der Waals surface area (Å²) in [5.74, 6) is -0.597. The summed E-state index contributed by atoms with van der Waals surface area (Å²) in [7, 11) is 0. The van der Waals surface area contributed by atoms with Gasteiger partial charge in [0.2, 0.25) is 0 Å². The van der Waals surface area contributed by atoms with E-state index < -0.39 is 6.10 Å². The highest BCUT2D eigenvalue weighted by molar-refractivity contribution is 5.70. The van der Waals surface area contributed by atoms with E-state index in [1.807, 2.05) is 0 Å². The molecule has 0 aromatic carbocycles. The first-order chi connectivity index (χ1) is 21.1. The van der Waals surface area contributed by atoms with E-state index in [9.17, 15) is 14.7 Å². The smallest absolute Gasteiger partial charge is 0.306 e. The first kappa shape index (κ1) is 41.4. The fourth-order valence-electron chi connectivity index (χ4n) is 5.17. The number of hydrogen-bond donors (Lipinski definition) is 1. The topological polar surface area (TPSA) is 72.8 Å². The Morgan fingerprint density at radius 2 is 0.930 bits per heavy atom. The van der Waals surface area contributed by atoms with E-state index in [-0.39, 0.29) is 25.2 Å². The molecule has 0 saturated carbocycles. The predicted molar refractivity (Wildman–Crippen MR) is 182 cm³/mol. The summed E-state index contributed by atoms with van der Waals surface area (Å²) in [5.41, 5.74) is 0. The lowest BCUT2D eigenvalue weighted by molar-refractivity contribution is -0.161. The minimum absolute atomic E-state index is 0.0654. The van der Waals surface area contributed by atoms with Gasteiger partial charge in [-0.05, 0) is 44.9 Å². The molecule has 0 bridgehead atoms. The van der Waals surface area contributed by atoms with Crippen molar-refractivity contribution < 1.29 is 24.2 Å². The molecule has 5 nitrogen and oxygen atoms in total. The van der Waals surface area contributed by atoms with E-state index in [4.69, 9.17) is 9.47 Å². The maximum absolute atomic E-state index is 12.1. The van der Waals surface area contributed by atoms with Gasteiger partial charge in [0.25, 0.3) is 0 Å². The molecule has 0 spiro atoms. The van der Waals surface area contributed by atoms with Crippen LogP contribution in [0.15, 0.2) is 24.3 Å². The molecule has 5 heteroatoms. The summed E-state index contributed by atoms with van der Waals surface area (Å²) in [6.07, 6.45) is 39.4. The maximum atomic E-state index is 12.1. The van der Waals surface area contributed by atoms with Crippen LogP contribution in [0.25, 0.3) is 0 Å². The van der Waals surface area contributed by atoms with Crippen molar-refractivity contribution in [1.29, 1.82) is 0 Å². The minimum Gasteiger partial charge on any atom is -0.462 e. The molecule has 1 atom stereocenters. The van der Waals surface area contributed by atoms with E-state index in [2.05, 4.69) is 38.2 Å². The van der Waals surface area contributed by atoms with Crippen LogP contribution >= 0.6 is 0 Å². The van der Waals surface area contributed by atoms with Crippen LogP contribution < -0.4 is 0 Å². The molecule has 0 aliphatic carbocycles. The summed E-state index contributed by atoms with van der Waals surface area (Å²) in [6.45, 7) is 4.10. The zero-order valence-electron chi connectivity index (χ0n) is 28.5. The molecule has 0 aromatic rings. The number of allylic oxidation sites excluding steroid dienone is 4. The Hall–Kier alpha value is -1.62. The highest BCUT2D eigenvalue weighted by Crippen LogP contribution is 2.13. The van der Waals surface area contributed by atoms with Crippen LogP contribution in [-0.2, 0) is 19.1 Å². The molecule has 252 valence electrons. The van der Waals surface area contributed by atoms with Gasteiger partial charge in [-0.25, -0.2) is 0 Å². The van der Waals surface area contributed by atoms with Crippen molar-refractivity contribution in [2.75, 3.05) is 13.2 Å². The largest absolute Gasteiger partial charge is 0.462 e. The van der Waals surface area contributed by atoms with Crippen LogP contribution in [0.1, 0.15) is 187 Å². The standard InChI is InChI=1S/C38H70O5/c1-3-5-7-9-11-13-15-16-17-18-19-20-21-23-25-27-29-31-33-38(41)43-36(34-39)35-42-37(40)32-30-28-26-24-22-14-12-10-8-6-4-2/h13,15,17-18,36,39H,3-12,14,16,19-35H2,1-2H3/b15-13-,18-17-. The Morgan fingerprint density at radius 3 is 1.40 bits per heavy atom. The summed E-state index contributed by atoms with van der Waals surface area (Å²) in [5, 5.41) is 9.52. The first-order valence-corrected chi connectivity index (χ1v) is 18.4. The van der Waals surface area contributed by atoms with Crippen molar-refractivity contribution in [2.45, 2.75) is 193 Å². The Labute approximate surface area is 266 Å². The molecule has 43 heavy (non-hydrogen) atoms. The second kappa shape index (κ2) is 34.9. The van der Waals surface area contributed by atoms with Gasteiger partial charge >= 0.3 is 11.9 Å². The number of unbranched alkanes of at least 4 members (excludes halogenated alkanes) is 21. The van der Waals surface area contributed by atoms with Gasteiger partial charge in [0.05, 0.1) is 6.61 Å². The Bertz CT molecular complexity index is 657. The summed E-state index contributed by atoms with van der Waals surface area (Å²) >= 11 is 0. The van der Waals surface area contributed by atoms with Crippen LogP contribution in [0, 0.1) is 0 Å². The van der Waals surface area contributed by atoms with Crippen LogP contribution in [0.4, 0.5) is 0 Å². The zero-order chi connectivity index (χ0) is 31.5. The third kappa shape index (κ3) is 33.1. The number of carbonyl (C=O) groups excluding carboxylic acids is 2. The van der Waals surface area contributed by atoms with Crippen LogP contribution in [0.5, 0.6) is 0 Å². The quantitative estimate of drug-likeness (QED) is 0.0457. The normalized spacial score (nSPS) is 12.3. The summed E-state index contributed by atoms with van der Waals surface area (Å²) < 4.78 is 10.6. The van der Waals surface area contributed by atoms with Gasteiger partial charge in [-0.2, -0.15) is 0 Å². The van der Waals surface area contributed by atoms with Crippen molar-refractivity contribution in [2.24, 2.45) is 0 Å². The average molecular weight is 607 g/mol. The molecule has 1 unspecified atom stereocenters. The van der Waals surface area contributed by atoms with Gasteiger partial charge in [-0.1, -0.05) is 154 Å². The van der Waals surface area contributed by atoms with E-state index in [1.165, 1.54) is 109 Å². The molecule has 1 N–H and O–H groups in total. The lowest BCUT2D eigenvalue weighted by atomic mass is 10.1. The Kier molecular flexibility index (Phi) is 33.6. The number of ether oxygens (including phenoxy) is 2. The Morgan fingerprint density at radius 1 is 0.535 bits per heavy atom. The zero-order valence-corrected chi connectivity index (χ0v) is 28.5. The van der Waals surface area contributed by atoms with Crippen LogP contribution in [-0.4, -0.2) is 36.4 Å². The van der Waals surface area contributed by atoms with E-state index in [0.717, 1.165) is 51.4 Å². The molecule has 0 rings (SSSR count). The number of aliphatic hydroxyl groups is 1. The second-order valence-electron chi connectivity index (χ2n) is 12.3. The maximum Gasteiger partial charge on any atom is 0.306 e. The summed E-state index contributed by atoms with van der Waals surface area (Å²) in [6, 6.07) is 0. The molecule has 0 radical (unpaired) electrons. The molecule has 0 aliphatic rings. The number of aliphatic hydroxyl groups excluding tert-OH is 1. The molecule has 0 aliphatic heterocycles. The number of esters is 2. The fraction of sp³-hybridized carbons (Fsp3) is 0.842. The highest BCUT2D eigenvalue weighted by atomic mass is 16.6. The van der Waals surface area contributed by atoms with Gasteiger partial charge in [-0.15, -0.1) is 0 Å². The van der Waals surface area contributed by atoms with Gasteiger partial charge in [0, 0.05) is 12.8 Å². The van der Waals surface area contributed by atoms with Crippen LogP contribution in [0.3, 0.4) is 0 Å². The molecule has 0 amide bonds. The molecular weight excluding hydrogens is 536 g/mol. The van der Waals surface area contributed by atoms with E-state index >= 15 is 0 Å². The molecule has 0 heterocycles. The van der Waals surface area contributed by atoms with Crippen LogP contribution in [0.2, 0.25) is 0 Å². The highest BCUT2D eigenvalue weighted by Gasteiger charge is 2.16. The molecule has 0 aromatic heterocycles. The average Bonchev–Trinajstić information content (AvgIpc) is 3.01.